The van der Waals surface area contributed by atoms with Gasteiger partial charge in [-0.1, -0.05) is 27.7 Å². The summed E-state index contributed by atoms with van der Waals surface area (Å²) in [5.41, 5.74) is 5.51. The van der Waals surface area contributed by atoms with Crippen LogP contribution in [0.25, 0.3) is 17.1 Å². The van der Waals surface area contributed by atoms with Crippen molar-refractivity contribution < 1.29 is 18.7 Å². The van der Waals surface area contributed by atoms with Crippen LogP contribution in [0.2, 0.25) is 0 Å². The molecule has 0 fully saturated rings. The van der Waals surface area contributed by atoms with Gasteiger partial charge in [-0.15, -0.1) is 10.2 Å². The highest BCUT2D eigenvalue weighted by Gasteiger charge is 2.20. The Morgan fingerprint density at radius 3 is 2.70 bits per heavy atom. The van der Waals surface area contributed by atoms with Crippen LogP contribution in [0.3, 0.4) is 0 Å². The SMILES string of the molecule is Cc1cc(-n2c(C)cc(C(=O)CSc3nnc(-c4ccc5c(c4)OCO5)o3)c2C)ccc1Br. The van der Waals surface area contributed by atoms with Gasteiger partial charge in [-0.3, -0.25) is 4.79 Å². The molecule has 0 spiro atoms. The van der Waals surface area contributed by atoms with Crippen LogP contribution < -0.4 is 9.47 Å². The normalized spacial score (nSPS) is 12.4. The molecule has 1 aliphatic heterocycles. The smallest absolute Gasteiger partial charge is 0.277 e. The van der Waals surface area contributed by atoms with Gasteiger partial charge in [0.2, 0.25) is 12.7 Å². The number of nitrogens with zero attached hydrogens (tertiary/aromatic N) is 3. The lowest BCUT2D eigenvalue weighted by atomic mass is 10.2. The van der Waals surface area contributed by atoms with E-state index >= 15 is 0 Å². The van der Waals surface area contributed by atoms with E-state index in [1.807, 2.05) is 45.0 Å². The van der Waals surface area contributed by atoms with E-state index in [9.17, 15) is 4.79 Å². The number of aromatic nitrogens is 3. The Bertz CT molecular complexity index is 1380. The summed E-state index contributed by atoms with van der Waals surface area (Å²) in [6.45, 7) is 6.22. The van der Waals surface area contributed by atoms with Crippen LogP contribution in [0, 0.1) is 20.8 Å². The third-order valence-electron chi connectivity index (χ3n) is 5.48. The maximum Gasteiger partial charge on any atom is 0.277 e. The van der Waals surface area contributed by atoms with Crippen LogP contribution in [0.15, 0.2) is 56.6 Å². The average Bonchev–Trinajstić information content (AvgIpc) is 3.52. The van der Waals surface area contributed by atoms with Gasteiger partial charge in [-0.2, -0.15) is 0 Å². The minimum absolute atomic E-state index is 0.0102. The van der Waals surface area contributed by atoms with Crippen molar-refractivity contribution in [2.75, 3.05) is 12.5 Å². The quantitative estimate of drug-likeness (QED) is 0.228. The highest BCUT2D eigenvalue weighted by Crippen LogP contribution is 2.36. The lowest BCUT2D eigenvalue weighted by Crippen LogP contribution is -2.05. The molecule has 0 N–H and O–H groups in total. The zero-order valence-electron chi connectivity index (χ0n) is 18.2. The molecule has 33 heavy (non-hydrogen) atoms. The molecule has 0 saturated heterocycles. The number of rotatable bonds is 6. The molecular formula is C24H20BrN3O4S. The number of benzene rings is 2. The third-order valence-corrected chi connectivity index (χ3v) is 7.19. The molecule has 0 aliphatic carbocycles. The first-order chi connectivity index (χ1) is 15.9. The van der Waals surface area contributed by atoms with E-state index in [1.165, 1.54) is 11.8 Å². The van der Waals surface area contributed by atoms with Gasteiger partial charge in [0.25, 0.3) is 5.22 Å². The molecule has 0 unspecified atom stereocenters. The number of carbonyl (C=O) groups is 1. The second kappa shape index (κ2) is 8.72. The zero-order valence-corrected chi connectivity index (χ0v) is 20.6. The first kappa shape index (κ1) is 21.8. The highest BCUT2D eigenvalue weighted by molar-refractivity contribution is 9.10. The van der Waals surface area contributed by atoms with E-state index in [0.29, 0.717) is 28.2 Å². The molecule has 0 saturated carbocycles. The number of halogens is 1. The largest absolute Gasteiger partial charge is 0.454 e. The van der Waals surface area contributed by atoms with Gasteiger partial charge < -0.3 is 18.5 Å². The van der Waals surface area contributed by atoms with Crippen LogP contribution in [0.5, 0.6) is 11.5 Å². The van der Waals surface area contributed by atoms with Crippen molar-refractivity contribution >= 4 is 33.5 Å². The Morgan fingerprint density at radius 2 is 1.88 bits per heavy atom. The first-order valence-electron chi connectivity index (χ1n) is 10.3. The molecule has 0 amide bonds. The number of hydrogen-bond donors (Lipinski definition) is 0. The monoisotopic (exact) mass is 525 g/mol. The molecule has 4 aromatic rings. The Labute approximate surface area is 203 Å². The molecule has 1 aliphatic rings. The summed E-state index contributed by atoms with van der Waals surface area (Å²) in [5.74, 6) is 1.91. The fourth-order valence-corrected chi connectivity index (χ4v) is 4.72. The Kier molecular flexibility index (Phi) is 5.76. The van der Waals surface area contributed by atoms with Crippen molar-refractivity contribution in [3.8, 4) is 28.6 Å². The second-order valence-corrected chi connectivity index (χ2v) is 9.49. The number of hydrogen-bond acceptors (Lipinski definition) is 7. The molecule has 168 valence electrons. The molecule has 0 bridgehead atoms. The van der Waals surface area contributed by atoms with E-state index in [1.54, 1.807) is 12.1 Å². The summed E-state index contributed by atoms with van der Waals surface area (Å²) in [5, 5.41) is 8.52. The van der Waals surface area contributed by atoms with Gasteiger partial charge in [0.05, 0.1) is 5.75 Å². The van der Waals surface area contributed by atoms with E-state index in [2.05, 4.69) is 36.8 Å². The van der Waals surface area contributed by atoms with Crippen molar-refractivity contribution in [1.29, 1.82) is 0 Å². The lowest BCUT2D eigenvalue weighted by Gasteiger charge is -2.11. The predicted molar refractivity (Wildman–Crippen MR) is 129 cm³/mol. The van der Waals surface area contributed by atoms with Gasteiger partial charge in [0.15, 0.2) is 17.3 Å². The molecule has 2 aromatic carbocycles. The Hall–Kier alpha value is -3.04. The van der Waals surface area contributed by atoms with Crippen molar-refractivity contribution in [2.24, 2.45) is 0 Å². The number of ether oxygens (including phenoxy) is 2. The molecule has 3 heterocycles. The molecule has 0 radical (unpaired) electrons. The average molecular weight is 526 g/mol. The number of Topliss-reactive ketones (excluding diaryl/α,β-unsaturated/α-hetero) is 1. The molecule has 9 heteroatoms. The molecule has 2 aromatic heterocycles. The minimum Gasteiger partial charge on any atom is -0.454 e. The molecular weight excluding hydrogens is 506 g/mol. The topological polar surface area (TPSA) is 79.4 Å². The summed E-state index contributed by atoms with van der Waals surface area (Å²) in [4.78, 5) is 13.0. The first-order valence-corrected chi connectivity index (χ1v) is 12.0. The lowest BCUT2D eigenvalue weighted by molar-refractivity contribution is 0.102. The maximum absolute atomic E-state index is 13.0. The van der Waals surface area contributed by atoms with Gasteiger partial charge in [0, 0.05) is 32.7 Å². The summed E-state index contributed by atoms with van der Waals surface area (Å²) in [6.07, 6.45) is 0. The van der Waals surface area contributed by atoms with E-state index in [-0.39, 0.29) is 18.3 Å². The van der Waals surface area contributed by atoms with Crippen molar-refractivity contribution in [3.05, 3.63) is 69.5 Å². The molecule has 7 nitrogen and oxygen atoms in total. The van der Waals surface area contributed by atoms with Crippen molar-refractivity contribution in [1.82, 2.24) is 14.8 Å². The summed E-state index contributed by atoms with van der Waals surface area (Å²) < 4.78 is 19.6. The Balaban J connectivity index is 1.30. The maximum atomic E-state index is 13.0. The number of thioether (sulfide) groups is 1. The number of carbonyl (C=O) groups excluding carboxylic acids is 1. The summed E-state index contributed by atoms with van der Waals surface area (Å²) >= 11 is 4.77. The summed E-state index contributed by atoms with van der Waals surface area (Å²) in [7, 11) is 0. The Morgan fingerprint density at radius 1 is 1.06 bits per heavy atom. The van der Waals surface area contributed by atoms with E-state index < -0.39 is 0 Å². The van der Waals surface area contributed by atoms with Crippen LogP contribution in [0.1, 0.15) is 27.3 Å². The van der Waals surface area contributed by atoms with Gasteiger partial charge in [-0.05, 0) is 68.8 Å². The molecule has 5 rings (SSSR count). The van der Waals surface area contributed by atoms with Crippen molar-refractivity contribution in [3.63, 3.8) is 0 Å². The fraction of sp³-hybridized carbons (Fsp3) is 0.208. The number of fused-ring (bicyclic) bond motifs is 1. The number of ketones is 1. The second-order valence-electron chi connectivity index (χ2n) is 7.71. The fourth-order valence-electron chi connectivity index (χ4n) is 3.83. The predicted octanol–water partition coefficient (Wildman–Crippen LogP) is 5.92. The van der Waals surface area contributed by atoms with Crippen LogP contribution >= 0.6 is 27.7 Å². The van der Waals surface area contributed by atoms with Crippen LogP contribution in [-0.2, 0) is 0 Å². The van der Waals surface area contributed by atoms with Gasteiger partial charge >= 0.3 is 0 Å². The standard InChI is InChI=1S/C24H20BrN3O4S/c1-13-8-17(5-6-19(13)25)28-14(2)9-18(15(28)3)20(29)11-33-24-27-26-23(32-24)16-4-7-21-22(10-16)31-12-30-21/h4-10H,11-12H2,1-3H3. The van der Waals surface area contributed by atoms with Gasteiger partial charge in [-0.25, -0.2) is 0 Å². The zero-order chi connectivity index (χ0) is 23.1. The van der Waals surface area contributed by atoms with E-state index in [4.69, 9.17) is 13.9 Å². The molecule has 0 atom stereocenters. The highest BCUT2D eigenvalue weighted by atomic mass is 79.9. The summed E-state index contributed by atoms with van der Waals surface area (Å²) in [6, 6.07) is 13.5. The third kappa shape index (κ3) is 4.18. The van der Waals surface area contributed by atoms with Crippen molar-refractivity contribution in [2.45, 2.75) is 26.0 Å². The van der Waals surface area contributed by atoms with Gasteiger partial charge in [0.1, 0.15) is 0 Å². The minimum atomic E-state index is 0.0102. The number of aryl methyl sites for hydroxylation is 2. The van der Waals surface area contributed by atoms with Crippen LogP contribution in [0.4, 0.5) is 0 Å². The van der Waals surface area contributed by atoms with E-state index in [0.717, 1.165) is 32.7 Å². The van der Waals surface area contributed by atoms with Crippen LogP contribution in [-0.4, -0.2) is 33.1 Å².